The number of sulfonamides is 1. The summed E-state index contributed by atoms with van der Waals surface area (Å²) in [5.74, 6) is 0.496. The highest BCUT2D eigenvalue weighted by Gasteiger charge is 2.18. The van der Waals surface area contributed by atoms with Crippen LogP contribution in [0.4, 0.5) is 5.69 Å². The fourth-order valence-electron chi connectivity index (χ4n) is 1.87. The van der Waals surface area contributed by atoms with Crippen molar-refractivity contribution in [3.63, 3.8) is 0 Å². The molecule has 0 atom stereocenters. The molecule has 0 saturated carbocycles. The zero-order valence-electron chi connectivity index (χ0n) is 12.1. The monoisotopic (exact) mass is 326 g/mol. The lowest BCUT2D eigenvalue weighted by molar-refractivity contribution is 0.417. The fraction of sp³-hybridized carbons (Fsp3) is 0.286. The molecule has 21 heavy (non-hydrogen) atoms. The van der Waals surface area contributed by atoms with Gasteiger partial charge >= 0.3 is 0 Å². The minimum atomic E-state index is -3.60. The van der Waals surface area contributed by atoms with Gasteiger partial charge in [-0.3, -0.25) is 4.72 Å². The Labute approximate surface area is 129 Å². The number of methoxy groups -OCH3 is 1. The molecule has 1 aromatic heterocycles. The van der Waals surface area contributed by atoms with Crippen LogP contribution < -0.4 is 14.8 Å². The van der Waals surface area contributed by atoms with Gasteiger partial charge < -0.3 is 10.1 Å². The maximum Gasteiger partial charge on any atom is 0.271 e. The molecule has 0 bridgehead atoms. The first kappa shape index (κ1) is 15.8. The molecule has 2 rings (SSSR count). The third-order valence-corrected chi connectivity index (χ3v) is 5.79. The van der Waals surface area contributed by atoms with E-state index < -0.39 is 10.0 Å². The predicted octanol–water partition coefficient (Wildman–Crippen LogP) is 2.59. The summed E-state index contributed by atoms with van der Waals surface area (Å²) in [6, 6.07) is 8.78. The van der Waals surface area contributed by atoms with Gasteiger partial charge in [0.15, 0.2) is 0 Å². The van der Waals surface area contributed by atoms with Gasteiger partial charge in [-0.1, -0.05) is 6.07 Å². The Hall–Kier alpha value is -1.57. The molecule has 0 aliphatic rings. The van der Waals surface area contributed by atoms with Crippen LogP contribution in [-0.2, 0) is 16.6 Å². The van der Waals surface area contributed by atoms with Gasteiger partial charge in [0, 0.05) is 11.4 Å². The number of anilines is 1. The minimum Gasteiger partial charge on any atom is -0.495 e. The Morgan fingerprint density at radius 2 is 2.00 bits per heavy atom. The van der Waals surface area contributed by atoms with Crippen LogP contribution in [0.2, 0.25) is 0 Å². The summed E-state index contributed by atoms with van der Waals surface area (Å²) in [6.45, 7) is 2.54. The summed E-state index contributed by atoms with van der Waals surface area (Å²) in [4.78, 5) is 0.967. The molecule has 2 N–H and O–H groups in total. The SMILES string of the molecule is CNCc1ccc(S(=O)(=O)Nc2cc(C)ccc2OC)s1. The van der Waals surface area contributed by atoms with Crippen LogP contribution in [-0.4, -0.2) is 22.6 Å². The fourth-order valence-corrected chi connectivity index (χ4v) is 4.30. The van der Waals surface area contributed by atoms with E-state index in [0.717, 1.165) is 10.4 Å². The van der Waals surface area contributed by atoms with Gasteiger partial charge in [-0.25, -0.2) is 8.42 Å². The second-order valence-electron chi connectivity index (χ2n) is 4.56. The van der Waals surface area contributed by atoms with Crippen LogP contribution in [0.1, 0.15) is 10.4 Å². The lowest BCUT2D eigenvalue weighted by Gasteiger charge is -2.11. The second-order valence-corrected chi connectivity index (χ2v) is 7.64. The van der Waals surface area contributed by atoms with E-state index in [1.165, 1.54) is 18.4 Å². The van der Waals surface area contributed by atoms with Gasteiger partial charge in [0.1, 0.15) is 9.96 Å². The van der Waals surface area contributed by atoms with Crippen LogP contribution in [0.3, 0.4) is 0 Å². The summed E-state index contributed by atoms with van der Waals surface area (Å²) in [5.41, 5.74) is 1.40. The third-order valence-electron chi connectivity index (χ3n) is 2.85. The highest BCUT2D eigenvalue weighted by atomic mass is 32.2. The summed E-state index contributed by atoms with van der Waals surface area (Å²) in [6.07, 6.45) is 0. The molecule has 0 saturated heterocycles. The van der Waals surface area contributed by atoms with Crippen molar-refractivity contribution in [2.75, 3.05) is 18.9 Å². The molecule has 1 heterocycles. The van der Waals surface area contributed by atoms with Crippen molar-refractivity contribution in [1.29, 1.82) is 0 Å². The number of rotatable bonds is 6. The minimum absolute atomic E-state index is 0.288. The molecule has 0 unspecified atom stereocenters. The summed E-state index contributed by atoms with van der Waals surface area (Å²) in [7, 11) is -0.264. The van der Waals surface area contributed by atoms with Crippen molar-refractivity contribution in [3.05, 3.63) is 40.8 Å². The van der Waals surface area contributed by atoms with Crippen LogP contribution in [0.15, 0.2) is 34.5 Å². The van der Waals surface area contributed by atoms with Crippen molar-refractivity contribution in [3.8, 4) is 5.75 Å². The highest BCUT2D eigenvalue weighted by Crippen LogP contribution is 2.29. The van der Waals surface area contributed by atoms with Crippen LogP contribution in [0.5, 0.6) is 5.75 Å². The number of thiophene rings is 1. The van der Waals surface area contributed by atoms with Gasteiger partial charge in [-0.15, -0.1) is 11.3 Å². The van der Waals surface area contributed by atoms with E-state index in [-0.39, 0.29) is 4.21 Å². The zero-order chi connectivity index (χ0) is 15.5. The lowest BCUT2D eigenvalue weighted by atomic mass is 10.2. The topological polar surface area (TPSA) is 67.4 Å². The zero-order valence-corrected chi connectivity index (χ0v) is 13.8. The van der Waals surface area contributed by atoms with Gasteiger partial charge in [-0.2, -0.15) is 0 Å². The molecule has 0 fully saturated rings. The Bertz CT molecular complexity index is 724. The van der Waals surface area contributed by atoms with Crippen LogP contribution in [0.25, 0.3) is 0 Å². The van der Waals surface area contributed by atoms with Crippen molar-refractivity contribution in [2.24, 2.45) is 0 Å². The maximum absolute atomic E-state index is 12.4. The van der Waals surface area contributed by atoms with Crippen molar-refractivity contribution in [2.45, 2.75) is 17.7 Å². The number of ether oxygens (including phenoxy) is 1. The highest BCUT2D eigenvalue weighted by molar-refractivity contribution is 7.94. The van der Waals surface area contributed by atoms with Crippen molar-refractivity contribution >= 4 is 27.0 Å². The molecule has 0 aliphatic carbocycles. The molecule has 0 aliphatic heterocycles. The van der Waals surface area contributed by atoms with E-state index >= 15 is 0 Å². The number of nitrogens with one attached hydrogen (secondary N) is 2. The second kappa shape index (κ2) is 6.46. The Morgan fingerprint density at radius 3 is 2.67 bits per heavy atom. The molecule has 1 aromatic carbocycles. The summed E-state index contributed by atoms with van der Waals surface area (Å²) >= 11 is 1.25. The third kappa shape index (κ3) is 3.75. The van der Waals surface area contributed by atoms with E-state index in [0.29, 0.717) is 18.0 Å². The Morgan fingerprint density at radius 1 is 1.24 bits per heavy atom. The van der Waals surface area contributed by atoms with Crippen LogP contribution in [0, 0.1) is 6.92 Å². The molecule has 114 valence electrons. The number of benzene rings is 1. The van der Waals surface area contributed by atoms with Crippen LogP contribution >= 0.6 is 11.3 Å². The summed E-state index contributed by atoms with van der Waals surface area (Å²) in [5, 5.41) is 3.00. The van der Waals surface area contributed by atoms with Crippen molar-refractivity contribution in [1.82, 2.24) is 5.32 Å². The molecular formula is C14H18N2O3S2. The predicted molar refractivity (Wildman–Crippen MR) is 85.6 cm³/mol. The first-order valence-corrected chi connectivity index (χ1v) is 8.67. The van der Waals surface area contributed by atoms with Gasteiger partial charge in [-0.05, 0) is 43.8 Å². The Balaban J connectivity index is 2.30. The van der Waals surface area contributed by atoms with E-state index in [4.69, 9.17) is 4.74 Å². The smallest absolute Gasteiger partial charge is 0.271 e. The molecular weight excluding hydrogens is 308 g/mol. The summed E-state index contributed by atoms with van der Waals surface area (Å²) < 4.78 is 32.9. The first-order chi connectivity index (χ1) is 9.96. The van der Waals surface area contributed by atoms with Gasteiger partial charge in [0.25, 0.3) is 10.0 Å². The van der Waals surface area contributed by atoms with Crippen molar-refractivity contribution < 1.29 is 13.2 Å². The van der Waals surface area contributed by atoms with Gasteiger partial charge in [0.05, 0.1) is 12.8 Å². The standard InChI is InChI=1S/C14H18N2O3S2/c1-10-4-6-13(19-3)12(8-10)16-21(17,18)14-7-5-11(20-14)9-15-2/h4-8,15-16H,9H2,1-3H3. The largest absolute Gasteiger partial charge is 0.495 e. The maximum atomic E-state index is 12.4. The van der Waals surface area contributed by atoms with E-state index in [1.807, 2.05) is 26.1 Å². The first-order valence-electron chi connectivity index (χ1n) is 6.37. The Kier molecular flexibility index (Phi) is 4.87. The number of hydrogen-bond acceptors (Lipinski definition) is 5. The van der Waals surface area contributed by atoms with Gasteiger partial charge in [0.2, 0.25) is 0 Å². The molecule has 0 amide bonds. The van der Waals surface area contributed by atoms with E-state index in [9.17, 15) is 8.42 Å². The number of hydrogen-bond donors (Lipinski definition) is 2. The average molecular weight is 326 g/mol. The molecule has 2 aromatic rings. The average Bonchev–Trinajstić information content (AvgIpc) is 2.88. The lowest BCUT2D eigenvalue weighted by Crippen LogP contribution is -2.12. The molecule has 0 spiro atoms. The van der Waals surface area contributed by atoms with E-state index in [1.54, 1.807) is 18.2 Å². The molecule has 5 nitrogen and oxygen atoms in total. The molecule has 0 radical (unpaired) electrons. The molecule has 7 heteroatoms. The van der Waals surface area contributed by atoms with E-state index in [2.05, 4.69) is 10.0 Å². The number of aryl methyl sites for hydroxylation is 1. The quantitative estimate of drug-likeness (QED) is 0.856. The normalized spacial score (nSPS) is 11.4.